The highest BCUT2D eigenvalue weighted by atomic mass is 79.9. The molecule has 0 fully saturated rings. The van der Waals surface area contributed by atoms with Gasteiger partial charge in [-0.1, -0.05) is 34.1 Å². The molecule has 2 aromatic rings. The van der Waals surface area contributed by atoms with Crippen LogP contribution >= 0.6 is 15.9 Å². The van der Waals surface area contributed by atoms with Gasteiger partial charge in [-0.2, -0.15) is 0 Å². The molecule has 0 heterocycles. The Bertz CT molecular complexity index is 646. The average Bonchev–Trinajstić information content (AvgIpc) is 2.49. The maximum absolute atomic E-state index is 13.2. The number of halogens is 2. The monoisotopic (exact) mass is 350 g/mol. The van der Waals surface area contributed by atoms with E-state index in [0.29, 0.717) is 24.1 Å². The average molecular weight is 351 g/mol. The number of benzene rings is 2. The Morgan fingerprint density at radius 1 is 1.19 bits per heavy atom. The molecule has 0 saturated carbocycles. The van der Waals surface area contributed by atoms with Gasteiger partial charge in [0.15, 0.2) is 0 Å². The molecule has 110 valence electrons. The third-order valence-electron chi connectivity index (χ3n) is 3.12. The van der Waals surface area contributed by atoms with Gasteiger partial charge in [-0.3, -0.25) is 4.79 Å². The van der Waals surface area contributed by atoms with Crippen LogP contribution in [0.15, 0.2) is 46.9 Å². The first-order chi connectivity index (χ1) is 10.1. The minimum absolute atomic E-state index is 0.185. The van der Waals surface area contributed by atoms with Crippen molar-refractivity contribution >= 4 is 21.8 Å². The molecular formula is C16H16BrFN2O. The van der Waals surface area contributed by atoms with Crippen molar-refractivity contribution in [2.24, 2.45) is 5.73 Å². The van der Waals surface area contributed by atoms with Crippen molar-refractivity contribution in [1.29, 1.82) is 0 Å². The number of carbonyl (C=O) groups excluding carboxylic acids is 1. The molecule has 2 aromatic carbocycles. The quantitative estimate of drug-likeness (QED) is 0.870. The van der Waals surface area contributed by atoms with Crippen molar-refractivity contribution < 1.29 is 9.18 Å². The molecule has 0 saturated heterocycles. The largest absolute Gasteiger partial charge is 0.348 e. The first-order valence-electron chi connectivity index (χ1n) is 6.62. The van der Waals surface area contributed by atoms with E-state index in [1.807, 2.05) is 18.2 Å². The molecule has 1 amide bonds. The predicted octanol–water partition coefficient (Wildman–Crippen LogP) is 3.02. The van der Waals surface area contributed by atoms with Crippen LogP contribution in [0.3, 0.4) is 0 Å². The van der Waals surface area contributed by atoms with E-state index in [0.717, 1.165) is 10.0 Å². The molecule has 0 spiro atoms. The van der Waals surface area contributed by atoms with E-state index in [9.17, 15) is 9.18 Å². The summed E-state index contributed by atoms with van der Waals surface area (Å²) in [4.78, 5) is 12.2. The smallest absolute Gasteiger partial charge is 0.251 e. The summed E-state index contributed by atoms with van der Waals surface area (Å²) in [5.74, 6) is -0.513. The maximum Gasteiger partial charge on any atom is 0.251 e. The number of amides is 1. The molecule has 0 aliphatic rings. The summed E-state index contributed by atoms with van der Waals surface area (Å²) in [5.41, 5.74) is 7.77. The van der Waals surface area contributed by atoms with Gasteiger partial charge in [0.25, 0.3) is 5.91 Å². The van der Waals surface area contributed by atoms with Crippen molar-refractivity contribution in [2.45, 2.75) is 13.0 Å². The lowest BCUT2D eigenvalue weighted by atomic mass is 10.0. The van der Waals surface area contributed by atoms with Gasteiger partial charge in [0.2, 0.25) is 0 Å². The van der Waals surface area contributed by atoms with Gasteiger partial charge in [0, 0.05) is 16.6 Å². The van der Waals surface area contributed by atoms with Crippen molar-refractivity contribution in [2.75, 3.05) is 6.54 Å². The first-order valence-corrected chi connectivity index (χ1v) is 7.41. The normalized spacial score (nSPS) is 10.4. The lowest BCUT2D eigenvalue weighted by molar-refractivity contribution is 0.0950. The fraction of sp³-hybridized carbons (Fsp3) is 0.188. The number of rotatable bonds is 5. The SMILES string of the molecule is NCCc1ccccc1C(=O)NCc1cc(F)ccc1Br. The second kappa shape index (κ2) is 7.33. The van der Waals surface area contributed by atoms with E-state index < -0.39 is 0 Å². The van der Waals surface area contributed by atoms with Gasteiger partial charge in [-0.15, -0.1) is 0 Å². The number of hydrogen-bond donors (Lipinski definition) is 2. The summed E-state index contributed by atoms with van der Waals surface area (Å²) >= 11 is 3.34. The van der Waals surface area contributed by atoms with Gasteiger partial charge in [-0.25, -0.2) is 4.39 Å². The lowest BCUT2D eigenvalue weighted by Crippen LogP contribution is -2.24. The van der Waals surface area contributed by atoms with E-state index in [2.05, 4.69) is 21.2 Å². The van der Waals surface area contributed by atoms with Crippen LogP contribution in [-0.2, 0) is 13.0 Å². The van der Waals surface area contributed by atoms with E-state index in [-0.39, 0.29) is 18.3 Å². The summed E-state index contributed by atoms with van der Waals surface area (Å²) in [6.45, 7) is 0.744. The van der Waals surface area contributed by atoms with E-state index in [1.54, 1.807) is 12.1 Å². The van der Waals surface area contributed by atoms with Crippen LogP contribution in [0, 0.1) is 5.82 Å². The molecule has 21 heavy (non-hydrogen) atoms. The molecule has 0 bridgehead atoms. The number of nitrogens with one attached hydrogen (secondary N) is 1. The Morgan fingerprint density at radius 3 is 2.71 bits per heavy atom. The van der Waals surface area contributed by atoms with Gasteiger partial charge in [0.05, 0.1) is 0 Å². The second-order valence-electron chi connectivity index (χ2n) is 4.61. The molecule has 0 aliphatic carbocycles. The van der Waals surface area contributed by atoms with Crippen LogP contribution in [0.25, 0.3) is 0 Å². The fourth-order valence-electron chi connectivity index (χ4n) is 2.06. The van der Waals surface area contributed by atoms with Crippen LogP contribution in [0.2, 0.25) is 0 Å². The fourth-order valence-corrected chi connectivity index (χ4v) is 2.45. The molecule has 0 atom stereocenters. The molecule has 3 nitrogen and oxygen atoms in total. The number of nitrogens with two attached hydrogens (primary N) is 1. The van der Waals surface area contributed by atoms with Gasteiger partial charge in [0.1, 0.15) is 5.82 Å². The van der Waals surface area contributed by atoms with E-state index in [1.165, 1.54) is 12.1 Å². The van der Waals surface area contributed by atoms with Crippen LogP contribution in [0.1, 0.15) is 21.5 Å². The Balaban J connectivity index is 2.10. The standard InChI is InChI=1S/C16H16BrFN2O/c17-15-6-5-13(18)9-12(15)10-20-16(21)14-4-2-1-3-11(14)7-8-19/h1-6,9H,7-8,10,19H2,(H,20,21). The Hall–Kier alpha value is -1.72. The van der Waals surface area contributed by atoms with Crippen molar-refractivity contribution in [3.05, 3.63) is 69.4 Å². The third kappa shape index (κ3) is 4.12. The van der Waals surface area contributed by atoms with Crippen molar-refractivity contribution in [3.63, 3.8) is 0 Å². The van der Waals surface area contributed by atoms with Crippen LogP contribution in [0.5, 0.6) is 0 Å². The Labute approximate surface area is 131 Å². The Morgan fingerprint density at radius 2 is 1.95 bits per heavy atom. The third-order valence-corrected chi connectivity index (χ3v) is 3.90. The summed E-state index contributed by atoms with van der Waals surface area (Å²) in [6, 6.07) is 11.7. The zero-order valence-corrected chi connectivity index (χ0v) is 13.0. The minimum Gasteiger partial charge on any atom is -0.348 e. The lowest BCUT2D eigenvalue weighted by Gasteiger charge is -2.10. The highest BCUT2D eigenvalue weighted by Crippen LogP contribution is 2.18. The summed E-state index contributed by atoms with van der Waals surface area (Å²) in [7, 11) is 0. The van der Waals surface area contributed by atoms with Crippen molar-refractivity contribution in [3.8, 4) is 0 Å². The topological polar surface area (TPSA) is 55.1 Å². The van der Waals surface area contributed by atoms with E-state index >= 15 is 0 Å². The van der Waals surface area contributed by atoms with Gasteiger partial charge < -0.3 is 11.1 Å². The summed E-state index contributed by atoms with van der Waals surface area (Å²) in [5, 5.41) is 2.81. The van der Waals surface area contributed by atoms with E-state index in [4.69, 9.17) is 5.73 Å². The molecule has 2 rings (SSSR count). The minimum atomic E-state index is -0.328. The molecule has 0 aliphatic heterocycles. The zero-order valence-electron chi connectivity index (χ0n) is 11.4. The molecule has 3 N–H and O–H groups in total. The van der Waals surface area contributed by atoms with Gasteiger partial charge >= 0.3 is 0 Å². The first kappa shape index (κ1) is 15.7. The Kier molecular flexibility index (Phi) is 5.47. The highest BCUT2D eigenvalue weighted by Gasteiger charge is 2.11. The molecule has 0 unspecified atom stereocenters. The molecular weight excluding hydrogens is 335 g/mol. The van der Waals surface area contributed by atoms with Crippen LogP contribution in [0.4, 0.5) is 4.39 Å². The number of carbonyl (C=O) groups is 1. The molecule has 0 aromatic heterocycles. The maximum atomic E-state index is 13.2. The number of hydrogen-bond acceptors (Lipinski definition) is 2. The van der Waals surface area contributed by atoms with Crippen LogP contribution < -0.4 is 11.1 Å². The summed E-state index contributed by atoms with van der Waals surface area (Å²) < 4.78 is 14.0. The van der Waals surface area contributed by atoms with Crippen LogP contribution in [-0.4, -0.2) is 12.5 Å². The highest BCUT2D eigenvalue weighted by molar-refractivity contribution is 9.10. The zero-order chi connectivity index (χ0) is 15.2. The predicted molar refractivity (Wildman–Crippen MR) is 84.5 cm³/mol. The molecule has 5 heteroatoms. The van der Waals surface area contributed by atoms with Crippen molar-refractivity contribution in [1.82, 2.24) is 5.32 Å². The van der Waals surface area contributed by atoms with Gasteiger partial charge in [-0.05, 0) is 48.4 Å². The second-order valence-corrected chi connectivity index (χ2v) is 5.47. The summed E-state index contributed by atoms with van der Waals surface area (Å²) in [6.07, 6.45) is 0.646. The molecule has 0 radical (unpaired) electrons.